The minimum absolute atomic E-state index is 0.0970. The van der Waals surface area contributed by atoms with Crippen LogP contribution in [0.2, 0.25) is 0 Å². The summed E-state index contributed by atoms with van der Waals surface area (Å²) in [5, 5.41) is 11.1. The molecule has 0 radical (unpaired) electrons. The highest BCUT2D eigenvalue weighted by molar-refractivity contribution is 9.10. The number of imide groups is 1. The second-order valence-electron chi connectivity index (χ2n) is 7.80. The zero-order valence-corrected chi connectivity index (χ0v) is 21.3. The van der Waals surface area contributed by atoms with E-state index in [0.29, 0.717) is 53.8 Å². The van der Waals surface area contributed by atoms with E-state index in [-0.39, 0.29) is 10.7 Å². The van der Waals surface area contributed by atoms with Crippen molar-refractivity contribution in [2.45, 2.75) is 0 Å². The van der Waals surface area contributed by atoms with Gasteiger partial charge in [-0.2, -0.15) is 0 Å². The summed E-state index contributed by atoms with van der Waals surface area (Å²) in [4.78, 5) is 52.3. The number of rotatable bonds is 8. The number of thioether (sulfide) groups is 1. The van der Waals surface area contributed by atoms with Crippen LogP contribution in [0, 0.1) is 0 Å². The molecule has 2 aliphatic heterocycles. The van der Waals surface area contributed by atoms with Gasteiger partial charge in [0.1, 0.15) is 12.3 Å². The molecule has 2 aliphatic rings. The van der Waals surface area contributed by atoms with Crippen LogP contribution in [0.4, 0.5) is 16.2 Å². The molecule has 3 amide bonds. The molecule has 36 heavy (non-hydrogen) atoms. The molecule has 188 valence electrons. The summed E-state index contributed by atoms with van der Waals surface area (Å²) >= 11 is 4.03. The lowest BCUT2D eigenvalue weighted by Gasteiger charge is -2.30. The Morgan fingerprint density at radius 3 is 2.67 bits per heavy atom. The minimum atomic E-state index is -1.15. The Hall–Kier alpha value is -3.35. The number of morpholine rings is 1. The maximum Gasteiger partial charge on any atom is 0.341 e. The maximum atomic E-state index is 13.0. The lowest BCUT2D eigenvalue weighted by Crippen LogP contribution is -2.38. The van der Waals surface area contributed by atoms with Gasteiger partial charge < -0.3 is 24.8 Å². The highest BCUT2D eigenvalue weighted by Crippen LogP contribution is 2.35. The number of carbonyl (C=O) groups is 4. The molecule has 2 aromatic carbocycles. The van der Waals surface area contributed by atoms with Crippen molar-refractivity contribution in [3.63, 3.8) is 0 Å². The van der Waals surface area contributed by atoms with Crippen molar-refractivity contribution < 1.29 is 33.8 Å². The number of benzene rings is 2. The molecule has 0 saturated carbocycles. The van der Waals surface area contributed by atoms with Gasteiger partial charge in [0, 0.05) is 23.1 Å². The Kier molecular flexibility index (Phi) is 8.28. The molecule has 2 fully saturated rings. The first-order valence-electron chi connectivity index (χ1n) is 10.9. The highest BCUT2D eigenvalue weighted by atomic mass is 79.9. The number of aliphatic carboxylic acids is 1. The zero-order valence-electron chi connectivity index (χ0n) is 18.9. The average molecular weight is 576 g/mol. The number of carboxylic acids is 1. The van der Waals surface area contributed by atoms with E-state index in [9.17, 15) is 19.2 Å². The summed E-state index contributed by atoms with van der Waals surface area (Å²) < 4.78 is 11.4. The van der Waals surface area contributed by atoms with Gasteiger partial charge in [0.25, 0.3) is 11.1 Å². The molecule has 2 aromatic rings. The monoisotopic (exact) mass is 575 g/mol. The minimum Gasteiger partial charge on any atom is -0.481 e. The Bertz CT molecular complexity index is 1230. The van der Waals surface area contributed by atoms with Crippen molar-refractivity contribution in [3.05, 3.63) is 57.4 Å². The lowest BCUT2D eigenvalue weighted by atomic mass is 10.2. The molecule has 2 saturated heterocycles. The molecule has 0 atom stereocenters. The average Bonchev–Trinajstić information content (AvgIpc) is 3.11. The lowest BCUT2D eigenvalue weighted by molar-refractivity contribution is -0.139. The van der Waals surface area contributed by atoms with Gasteiger partial charge in [-0.15, -0.1) is 0 Å². The SMILES string of the molecule is O=C(O)COc1ccc(Br)cc1/C=C1/SC(=O)N(CC(=O)Nc2ccccc2N2CCOCC2)C1=O. The summed E-state index contributed by atoms with van der Waals surface area (Å²) in [7, 11) is 0. The van der Waals surface area contributed by atoms with Crippen LogP contribution < -0.4 is 15.0 Å². The van der Waals surface area contributed by atoms with Crippen molar-refractivity contribution in [1.82, 2.24) is 4.90 Å². The molecule has 4 rings (SSSR count). The van der Waals surface area contributed by atoms with Crippen LogP contribution in [-0.2, 0) is 19.1 Å². The predicted octanol–water partition coefficient (Wildman–Crippen LogP) is 3.42. The largest absolute Gasteiger partial charge is 0.481 e. The highest BCUT2D eigenvalue weighted by Gasteiger charge is 2.36. The first-order valence-corrected chi connectivity index (χ1v) is 12.5. The van der Waals surface area contributed by atoms with Crippen LogP contribution in [0.25, 0.3) is 6.08 Å². The summed E-state index contributed by atoms with van der Waals surface area (Å²) in [5.74, 6) is -2.03. The molecule has 0 unspecified atom stereocenters. The van der Waals surface area contributed by atoms with Crippen LogP contribution in [0.5, 0.6) is 5.75 Å². The Labute approximate surface area is 219 Å². The maximum absolute atomic E-state index is 13.0. The fraction of sp³-hybridized carbons (Fsp3) is 0.250. The standard InChI is InChI=1S/C24H22BrN3O7S/c25-16-5-6-19(35-14-22(30)31)15(11-16)12-20-23(32)28(24(33)36-20)13-21(29)26-17-3-1-2-4-18(17)27-7-9-34-10-8-27/h1-6,11-12H,7-10,13-14H2,(H,26,29)(H,30,31)/b20-12+. The molecule has 2 heterocycles. The number of amides is 3. The fourth-order valence-corrected chi connectivity index (χ4v) is 4.88. The van der Waals surface area contributed by atoms with Gasteiger partial charge in [-0.1, -0.05) is 28.1 Å². The van der Waals surface area contributed by atoms with Crippen LogP contribution in [0.1, 0.15) is 5.56 Å². The number of ether oxygens (including phenoxy) is 2. The first-order chi connectivity index (χ1) is 17.3. The van der Waals surface area contributed by atoms with E-state index in [1.165, 1.54) is 6.08 Å². The van der Waals surface area contributed by atoms with Crippen LogP contribution >= 0.6 is 27.7 Å². The number of hydrogen-bond acceptors (Lipinski definition) is 8. The molecule has 0 bridgehead atoms. The number of hydrogen-bond donors (Lipinski definition) is 2. The molecule has 12 heteroatoms. The molecule has 2 N–H and O–H groups in total. The molecule has 0 aromatic heterocycles. The second kappa shape index (κ2) is 11.6. The summed E-state index contributed by atoms with van der Waals surface area (Å²) in [5.41, 5.74) is 1.84. The smallest absolute Gasteiger partial charge is 0.341 e. The van der Waals surface area contributed by atoms with Gasteiger partial charge in [-0.25, -0.2) is 4.79 Å². The van der Waals surface area contributed by atoms with Gasteiger partial charge in [0.05, 0.1) is 29.5 Å². The topological polar surface area (TPSA) is 125 Å². The Balaban J connectivity index is 1.47. The number of halogens is 1. The Morgan fingerprint density at radius 1 is 1.17 bits per heavy atom. The number of nitrogens with one attached hydrogen (secondary N) is 1. The van der Waals surface area contributed by atoms with Crippen molar-refractivity contribution >= 4 is 68.2 Å². The van der Waals surface area contributed by atoms with E-state index in [1.807, 2.05) is 12.1 Å². The molecule has 0 aliphatic carbocycles. The molecule has 0 spiro atoms. The van der Waals surface area contributed by atoms with Crippen molar-refractivity contribution in [1.29, 1.82) is 0 Å². The third-order valence-electron chi connectivity index (χ3n) is 5.31. The molecular formula is C24H22BrN3O7S. The third-order valence-corrected chi connectivity index (χ3v) is 6.72. The normalized spacial score (nSPS) is 17.0. The van der Waals surface area contributed by atoms with Gasteiger partial charge in [0.15, 0.2) is 6.61 Å². The number of carbonyl (C=O) groups excluding carboxylic acids is 3. The van der Waals surface area contributed by atoms with Crippen LogP contribution in [0.3, 0.4) is 0 Å². The quantitative estimate of drug-likeness (QED) is 0.455. The van der Waals surface area contributed by atoms with Crippen molar-refractivity contribution in [2.24, 2.45) is 0 Å². The van der Waals surface area contributed by atoms with Crippen molar-refractivity contribution in [2.75, 3.05) is 49.7 Å². The van der Waals surface area contributed by atoms with E-state index >= 15 is 0 Å². The first kappa shape index (κ1) is 25.7. The van der Waals surface area contributed by atoms with E-state index in [4.69, 9.17) is 14.6 Å². The van der Waals surface area contributed by atoms with Crippen LogP contribution in [-0.4, -0.2) is 72.5 Å². The fourth-order valence-electron chi connectivity index (χ4n) is 3.67. The third kappa shape index (κ3) is 6.25. The van der Waals surface area contributed by atoms with Crippen molar-refractivity contribution in [3.8, 4) is 5.75 Å². The molecular weight excluding hydrogens is 554 g/mol. The number of para-hydroxylation sites is 2. The van der Waals surface area contributed by atoms with Crippen LogP contribution in [0.15, 0.2) is 51.8 Å². The van der Waals surface area contributed by atoms with E-state index in [2.05, 4.69) is 26.1 Å². The summed E-state index contributed by atoms with van der Waals surface area (Å²) in [6.45, 7) is 1.55. The second-order valence-corrected chi connectivity index (χ2v) is 9.71. The molecule has 10 nitrogen and oxygen atoms in total. The predicted molar refractivity (Wildman–Crippen MR) is 138 cm³/mol. The van der Waals surface area contributed by atoms with Gasteiger partial charge in [-0.05, 0) is 48.2 Å². The Morgan fingerprint density at radius 2 is 1.92 bits per heavy atom. The number of nitrogens with zero attached hydrogens (tertiary/aromatic N) is 2. The number of anilines is 2. The van der Waals surface area contributed by atoms with E-state index in [1.54, 1.807) is 30.3 Å². The van der Waals surface area contributed by atoms with E-state index in [0.717, 1.165) is 10.6 Å². The summed E-state index contributed by atoms with van der Waals surface area (Å²) in [6.07, 6.45) is 1.44. The number of carboxylic acid groups (broad SMARTS) is 1. The van der Waals surface area contributed by atoms with Gasteiger partial charge in [0.2, 0.25) is 5.91 Å². The zero-order chi connectivity index (χ0) is 25.7. The summed E-state index contributed by atoms with van der Waals surface area (Å²) in [6, 6.07) is 12.2. The van der Waals surface area contributed by atoms with E-state index < -0.39 is 36.2 Å². The van der Waals surface area contributed by atoms with Gasteiger partial charge >= 0.3 is 5.97 Å². The van der Waals surface area contributed by atoms with Gasteiger partial charge in [-0.3, -0.25) is 19.3 Å².